The second-order valence-electron chi connectivity index (χ2n) is 10.2. The zero-order valence-corrected chi connectivity index (χ0v) is 21.0. The monoisotopic (exact) mass is 447 g/mol. The summed E-state index contributed by atoms with van der Waals surface area (Å²) in [7, 11) is 3.84. The summed E-state index contributed by atoms with van der Waals surface area (Å²) in [6.07, 6.45) is 5.76. The Labute approximate surface area is 198 Å². The van der Waals surface area contributed by atoms with Crippen LogP contribution in [0.2, 0.25) is 0 Å². The van der Waals surface area contributed by atoms with Crippen molar-refractivity contribution >= 4 is 17.1 Å². The van der Waals surface area contributed by atoms with Crippen LogP contribution in [0, 0.1) is 0 Å². The Morgan fingerprint density at radius 1 is 1.15 bits per heavy atom. The first-order valence-electron chi connectivity index (χ1n) is 11.4. The SMILES string of the molecule is C=C/C(=C\C(C)=N/C)c1ccc(-c2ccc(N(C)C3CC(C)(C)NC(C)(C)C3)nn2)c(O)c1. The molecule has 2 aromatic rings. The van der Waals surface area contributed by atoms with Gasteiger partial charge in [-0.3, -0.25) is 4.99 Å². The van der Waals surface area contributed by atoms with Gasteiger partial charge < -0.3 is 15.3 Å². The molecule has 176 valence electrons. The first-order chi connectivity index (χ1) is 15.4. The topological polar surface area (TPSA) is 73.6 Å². The number of nitrogens with one attached hydrogen (secondary N) is 1. The molecule has 0 saturated carbocycles. The van der Waals surface area contributed by atoms with E-state index in [2.05, 4.69) is 66.7 Å². The number of phenolic OH excluding ortho intramolecular Hbond substituents is 1. The Hall–Kier alpha value is -2.99. The van der Waals surface area contributed by atoms with Gasteiger partial charge in [0.15, 0.2) is 5.82 Å². The molecule has 0 amide bonds. The fourth-order valence-corrected chi connectivity index (χ4v) is 4.86. The van der Waals surface area contributed by atoms with Crippen LogP contribution >= 0.6 is 0 Å². The summed E-state index contributed by atoms with van der Waals surface area (Å²) in [5.74, 6) is 0.989. The first-order valence-corrected chi connectivity index (χ1v) is 11.4. The van der Waals surface area contributed by atoms with Gasteiger partial charge in [0.2, 0.25) is 0 Å². The number of phenols is 1. The molecule has 1 aliphatic heterocycles. The third kappa shape index (κ3) is 5.88. The largest absolute Gasteiger partial charge is 0.507 e. The molecule has 6 nitrogen and oxygen atoms in total. The number of hydrogen-bond acceptors (Lipinski definition) is 6. The van der Waals surface area contributed by atoms with Crippen molar-refractivity contribution in [1.82, 2.24) is 15.5 Å². The van der Waals surface area contributed by atoms with E-state index in [1.165, 1.54) is 0 Å². The highest BCUT2D eigenvalue weighted by Crippen LogP contribution is 2.34. The van der Waals surface area contributed by atoms with Crippen LogP contribution in [0.25, 0.3) is 16.8 Å². The Kier molecular flexibility index (Phi) is 7.08. The fraction of sp³-hybridized carbons (Fsp3) is 0.444. The van der Waals surface area contributed by atoms with Crippen LogP contribution in [0.1, 0.15) is 53.0 Å². The highest BCUT2D eigenvalue weighted by molar-refractivity contribution is 6.01. The third-order valence-corrected chi connectivity index (χ3v) is 6.27. The maximum atomic E-state index is 10.7. The standard InChI is InChI=1S/C27H37N5O/c1-9-19(14-18(2)28-7)20-10-11-22(24(33)15-20)23-12-13-25(30-29-23)32(8)21-16-26(3,4)31-27(5,6)17-21/h9-15,21,31,33H,1,16-17H2,2-8H3/b19-14+,28-18-. The van der Waals surface area contributed by atoms with Crippen molar-refractivity contribution in [2.24, 2.45) is 4.99 Å². The number of aromatic hydroxyl groups is 1. The molecule has 2 N–H and O–H groups in total. The molecular formula is C27H37N5O. The van der Waals surface area contributed by atoms with E-state index in [9.17, 15) is 5.11 Å². The molecule has 0 radical (unpaired) electrons. The van der Waals surface area contributed by atoms with Crippen LogP contribution in [0.15, 0.2) is 54.1 Å². The van der Waals surface area contributed by atoms with Crippen LogP contribution < -0.4 is 10.2 Å². The molecule has 3 rings (SSSR count). The number of aliphatic imine (C=N–C) groups is 1. The zero-order valence-electron chi connectivity index (χ0n) is 21.0. The maximum absolute atomic E-state index is 10.7. The molecule has 33 heavy (non-hydrogen) atoms. The summed E-state index contributed by atoms with van der Waals surface area (Å²) < 4.78 is 0. The molecule has 6 heteroatoms. The lowest BCUT2D eigenvalue weighted by molar-refractivity contribution is 0.160. The van der Waals surface area contributed by atoms with Gasteiger partial charge >= 0.3 is 0 Å². The van der Waals surface area contributed by atoms with Gasteiger partial charge in [-0.2, -0.15) is 0 Å². The van der Waals surface area contributed by atoms with Crippen molar-refractivity contribution < 1.29 is 5.11 Å². The van der Waals surface area contributed by atoms with Crippen LogP contribution in [-0.2, 0) is 0 Å². The molecule has 1 fully saturated rings. The molecule has 0 aliphatic carbocycles. The lowest BCUT2D eigenvalue weighted by atomic mass is 9.79. The highest BCUT2D eigenvalue weighted by atomic mass is 16.3. The zero-order chi connectivity index (χ0) is 24.4. The Balaban J connectivity index is 1.83. The molecule has 1 saturated heterocycles. The number of hydrogen-bond donors (Lipinski definition) is 2. The van der Waals surface area contributed by atoms with Gasteiger partial charge in [-0.15, -0.1) is 10.2 Å². The maximum Gasteiger partial charge on any atom is 0.151 e. The van der Waals surface area contributed by atoms with E-state index in [1.54, 1.807) is 19.2 Å². The number of piperidine rings is 1. The quantitative estimate of drug-likeness (QED) is 0.467. The second kappa shape index (κ2) is 9.48. The summed E-state index contributed by atoms with van der Waals surface area (Å²) >= 11 is 0. The molecule has 0 bridgehead atoms. The number of rotatable bonds is 6. The van der Waals surface area contributed by atoms with Gasteiger partial charge in [-0.1, -0.05) is 18.7 Å². The predicted octanol–water partition coefficient (Wildman–Crippen LogP) is 5.25. The summed E-state index contributed by atoms with van der Waals surface area (Å²) in [6, 6.07) is 9.81. The lowest BCUT2D eigenvalue weighted by Crippen LogP contribution is -2.62. The molecular weight excluding hydrogens is 410 g/mol. The van der Waals surface area contributed by atoms with Gasteiger partial charge in [-0.25, -0.2) is 0 Å². The van der Waals surface area contributed by atoms with E-state index < -0.39 is 0 Å². The third-order valence-electron chi connectivity index (χ3n) is 6.27. The van der Waals surface area contributed by atoms with Crippen molar-refractivity contribution in [2.75, 3.05) is 19.0 Å². The van der Waals surface area contributed by atoms with Gasteiger partial charge in [0.05, 0.1) is 5.69 Å². The molecule has 1 aliphatic rings. The van der Waals surface area contributed by atoms with Crippen molar-refractivity contribution in [3.63, 3.8) is 0 Å². The summed E-state index contributed by atoms with van der Waals surface area (Å²) in [6.45, 7) is 14.8. The summed E-state index contributed by atoms with van der Waals surface area (Å²) in [5.41, 5.74) is 4.06. The number of allylic oxidation sites excluding steroid dienone is 3. The average Bonchev–Trinajstić information content (AvgIpc) is 2.74. The van der Waals surface area contributed by atoms with Gasteiger partial charge in [0.25, 0.3) is 0 Å². The second-order valence-corrected chi connectivity index (χ2v) is 10.2. The Morgan fingerprint density at radius 2 is 1.82 bits per heavy atom. The molecule has 0 unspecified atom stereocenters. The van der Waals surface area contributed by atoms with Gasteiger partial charge in [0.1, 0.15) is 5.75 Å². The van der Waals surface area contributed by atoms with Crippen molar-refractivity contribution in [1.29, 1.82) is 0 Å². The summed E-state index contributed by atoms with van der Waals surface area (Å²) in [5, 5.41) is 23.4. The molecule has 0 atom stereocenters. The van der Waals surface area contributed by atoms with Crippen LogP contribution in [0.4, 0.5) is 5.82 Å². The van der Waals surface area contributed by atoms with Crippen LogP contribution in [-0.4, -0.2) is 52.2 Å². The predicted molar refractivity (Wildman–Crippen MR) is 139 cm³/mol. The van der Waals surface area contributed by atoms with Crippen molar-refractivity contribution in [2.45, 2.75) is 64.6 Å². The number of aromatic nitrogens is 2. The fourth-order valence-electron chi connectivity index (χ4n) is 4.86. The minimum absolute atomic E-state index is 0.0574. The molecule has 1 aromatic heterocycles. The van der Waals surface area contributed by atoms with E-state index in [-0.39, 0.29) is 16.8 Å². The van der Waals surface area contributed by atoms with Crippen molar-refractivity contribution in [3.8, 4) is 17.0 Å². The summed E-state index contributed by atoms with van der Waals surface area (Å²) in [4.78, 5) is 6.39. The van der Waals surface area contributed by atoms with E-state index >= 15 is 0 Å². The lowest BCUT2D eigenvalue weighted by Gasteiger charge is -2.49. The van der Waals surface area contributed by atoms with Crippen molar-refractivity contribution in [3.05, 3.63) is 54.6 Å². The average molecular weight is 448 g/mol. The smallest absolute Gasteiger partial charge is 0.151 e. The Morgan fingerprint density at radius 3 is 2.33 bits per heavy atom. The first kappa shape index (κ1) is 24.6. The Bertz CT molecular complexity index is 1050. The number of anilines is 1. The minimum atomic E-state index is 0.0574. The van der Waals surface area contributed by atoms with E-state index in [1.807, 2.05) is 37.3 Å². The minimum Gasteiger partial charge on any atom is -0.507 e. The molecule has 1 aromatic carbocycles. The number of nitrogens with zero attached hydrogens (tertiary/aromatic N) is 4. The van der Waals surface area contributed by atoms with E-state index in [4.69, 9.17) is 0 Å². The highest BCUT2D eigenvalue weighted by Gasteiger charge is 2.39. The number of benzene rings is 1. The van der Waals surface area contributed by atoms with Crippen LogP contribution in [0.5, 0.6) is 5.75 Å². The molecule has 0 spiro atoms. The molecule has 2 heterocycles. The van der Waals surface area contributed by atoms with E-state index in [0.29, 0.717) is 17.3 Å². The van der Waals surface area contributed by atoms with Crippen LogP contribution in [0.3, 0.4) is 0 Å². The van der Waals surface area contributed by atoms with Gasteiger partial charge in [-0.05, 0) is 88.9 Å². The normalized spacial score (nSPS) is 18.8. The van der Waals surface area contributed by atoms with E-state index in [0.717, 1.165) is 35.5 Å². The van der Waals surface area contributed by atoms with Gasteiger partial charge in [0, 0.05) is 42.5 Å².